The van der Waals surface area contributed by atoms with Gasteiger partial charge in [0.2, 0.25) is 10.0 Å². The first kappa shape index (κ1) is 15.3. The van der Waals surface area contributed by atoms with E-state index < -0.39 is 19.9 Å². The number of rotatable bonds is 2. The zero-order valence-electron chi connectivity index (χ0n) is 11.5. The van der Waals surface area contributed by atoms with Gasteiger partial charge < -0.3 is 5.73 Å². The number of anilines is 1. The summed E-state index contributed by atoms with van der Waals surface area (Å²) in [5.41, 5.74) is 7.55. The van der Waals surface area contributed by atoms with E-state index in [0.29, 0.717) is 11.3 Å². The molecule has 1 fully saturated rings. The van der Waals surface area contributed by atoms with Gasteiger partial charge in [-0.2, -0.15) is 4.31 Å². The molecule has 1 aromatic rings. The predicted octanol–water partition coefficient (Wildman–Crippen LogP) is 0.305. The molecule has 1 aliphatic heterocycles. The summed E-state index contributed by atoms with van der Waals surface area (Å²) in [6.07, 6.45) is 0. The highest BCUT2D eigenvalue weighted by Crippen LogP contribution is 2.26. The molecule has 0 radical (unpaired) electrons. The van der Waals surface area contributed by atoms with Crippen LogP contribution < -0.4 is 5.73 Å². The minimum atomic E-state index is -3.70. The van der Waals surface area contributed by atoms with E-state index in [0.717, 1.165) is 5.56 Å². The second-order valence-electron chi connectivity index (χ2n) is 5.02. The van der Waals surface area contributed by atoms with E-state index >= 15 is 0 Å². The second-order valence-corrected chi connectivity index (χ2v) is 9.23. The van der Waals surface area contributed by atoms with E-state index in [1.807, 2.05) is 0 Å². The van der Waals surface area contributed by atoms with Gasteiger partial charge in [0.15, 0.2) is 9.84 Å². The van der Waals surface area contributed by atoms with Crippen molar-refractivity contribution in [2.75, 3.05) is 30.3 Å². The SMILES string of the molecule is Cc1cc(N)cc(S(=O)(=O)N2CCS(=O)(=O)CC2)c1C. The minimum Gasteiger partial charge on any atom is -0.399 e. The lowest BCUT2D eigenvalue weighted by Crippen LogP contribution is -2.43. The fourth-order valence-electron chi connectivity index (χ4n) is 2.20. The highest BCUT2D eigenvalue weighted by atomic mass is 32.2. The maximum Gasteiger partial charge on any atom is 0.243 e. The summed E-state index contributed by atoms with van der Waals surface area (Å²) in [6.45, 7) is 3.52. The van der Waals surface area contributed by atoms with Crippen molar-refractivity contribution >= 4 is 25.5 Å². The molecule has 1 aliphatic rings. The first-order chi connectivity index (χ1) is 9.13. The van der Waals surface area contributed by atoms with Gasteiger partial charge in [-0.25, -0.2) is 16.8 Å². The number of nitrogens with two attached hydrogens (primary N) is 1. The lowest BCUT2D eigenvalue weighted by Gasteiger charge is -2.27. The minimum absolute atomic E-state index is 0.00203. The summed E-state index contributed by atoms with van der Waals surface area (Å²) in [4.78, 5) is 0.161. The molecule has 6 nitrogen and oxygen atoms in total. The molecule has 0 unspecified atom stereocenters. The Morgan fingerprint density at radius 1 is 1.15 bits per heavy atom. The van der Waals surface area contributed by atoms with Gasteiger partial charge in [0, 0.05) is 18.8 Å². The van der Waals surface area contributed by atoms with Crippen LogP contribution in [0.25, 0.3) is 0 Å². The van der Waals surface area contributed by atoms with Gasteiger partial charge in [0.25, 0.3) is 0 Å². The van der Waals surface area contributed by atoms with Crippen molar-refractivity contribution < 1.29 is 16.8 Å². The molecule has 2 rings (SSSR count). The van der Waals surface area contributed by atoms with Crippen molar-refractivity contribution in [3.05, 3.63) is 23.3 Å². The van der Waals surface area contributed by atoms with Crippen LogP contribution in [0, 0.1) is 13.8 Å². The maximum absolute atomic E-state index is 12.6. The Bertz CT molecular complexity index is 725. The Labute approximate surface area is 119 Å². The molecule has 0 atom stereocenters. The number of sulfonamides is 1. The van der Waals surface area contributed by atoms with Gasteiger partial charge >= 0.3 is 0 Å². The predicted molar refractivity (Wildman–Crippen MR) is 77.7 cm³/mol. The smallest absolute Gasteiger partial charge is 0.243 e. The van der Waals surface area contributed by atoms with Crippen molar-refractivity contribution in [3.8, 4) is 0 Å². The molecule has 20 heavy (non-hydrogen) atoms. The van der Waals surface area contributed by atoms with Crippen LogP contribution in [0.4, 0.5) is 5.69 Å². The summed E-state index contributed by atoms with van der Waals surface area (Å²) in [7, 11) is -6.81. The van der Waals surface area contributed by atoms with E-state index in [-0.39, 0.29) is 29.5 Å². The first-order valence-electron chi connectivity index (χ1n) is 6.21. The third kappa shape index (κ3) is 2.82. The van der Waals surface area contributed by atoms with Crippen molar-refractivity contribution in [1.29, 1.82) is 0 Å². The topological polar surface area (TPSA) is 97.5 Å². The molecule has 1 saturated heterocycles. The summed E-state index contributed by atoms with van der Waals surface area (Å²) in [6, 6.07) is 3.15. The normalized spacial score (nSPS) is 19.9. The Morgan fingerprint density at radius 2 is 1.70 bits per heavy atom. The number of hydrogen-bond acceptors (Lipinski definition) is 5. The van der Waals surface area contributed by atoms with Crippen LogP contribution in [0.1, 0.15) is 11.1 Å². The fraction of sp³-hybridized carbons (Fsp3) is 0.500. The van der Waals surface area contributed by atoms with Crippen LogP contribution in [0.3, 0.4) is 0 Å². The average Bonchev–Trinajstić information content (AvgIpc) is 2.33. The lowest BCUT2D eigenvalue weighted by atomic mass is 10.1. The standard InChI is InChI=1S/C12H18N2O4S2/c1-9-7-11(13)8-12(10(9)2)20(17,18)14-3-5-19(15,16)6-4-14/h7-8H,3-6,13H2,1-2H3. The number of hydrogen-bond donors (Lipinski definition) is 1. The zero-order valence-corrected chi connectivity index (χ0v) is 13.1. The van der Waals surface area contributed by atoms with Gasteiger partial charge in [-0.15, -0.1) is 0 Å². The summed E-state index contributed by atoms with van der Waals surface area (Å²) < 4.78 is 49.2. The van der Waals surface area contributed by atoms with Crippen LogP contribution in [0.15, 0.2) is 17.0 Å². The molecule has 2 N–H and O–H groups in total. The third-order valence-corrected chi connectivity index (χ3v) is 7.20. The number of nitrogen functional groups attached to an aromatic ring is 1. The molecule has 0 aliphatic carbocycles. The zero-order chi connectivity index (χ0) is 15.1. The molecule has 112 valence electrons. The van der Waals surface area contributed by atoms with Crippen molar-refractivity contribution in [1.82, 2.24) is 4.31 Å². The molecular formula is C12H18N2O4S2. The quantitative estimate of drug-likeness (QED) is 0.791. The van der Waals surface area contributed by atoms with Gasteiger partial charge in [-0.1, -0.05) is 0 Å². The Balaban J connectivity index is 2.42. The highest BCUT2D eigenvalue weighted by molar-refractivity contribution is 7.92. The summed E-state index contributed by atoms with van der Waals surface area (Å²) in [5, 5.41) is 0. The van der Waals surface area contributed by atoms with E-state index in [1.54, 1.807) is 19.9 Å². The molecule has 8 heteroatoms. The van der Waals surface area contributed by atoms with Crippen molar-refractivity contribution in [2.24, 2.45) is 0 Å². The molecule has 0 spiro atoms. The average molecular weight is 318 g/mol. The number of sulfone groups is 1. The van der Waals surface area contributed by atoms with Gasteiger partial charge in [-0.05, 0) is 37.1 Å². The fourth-order valence-corrected chi connectivity index (χ4v) is 5.40. The van der Waals surface area contributed by atoms with Crippen LogP contribution in [-0.4, -0.2) is 45.7 Å². The van der Waals surface area contributed by atoms with Crippen LogP contribution >= 0.6 is 0 Å². The lowest BCUT2D eigenvalue weighted by molar-refractivity contribution is 0.430. The maximum atomic E-state index is 12.6. The van der Waals surface area contributed by atoms with Crippen LogP contribution in [0.5, 0.6) is 0 Å². The van der Waals surface area contributed by atoms with Crippen LogP contribution in [-0.2, 0) is 19.9 Å². The van der Waals surface area contributed by atoms with Crippen molar-refractivity contribution in [2.45, 2.75) is 18.7 Å². The Hall–Kier alpha value is -1.12. The van der Waals surface area contributed by atoms with Gasteiger partial charge in [0.05, 0.1) is 16.4 Å². The highest BCUT2D eigenvalue weighted by Gasteiger charge is 2.32. The molecule has 0 bridgehead atoms. The third-order valence-electron chi connectivity index (χ3n) is 3.56. The number of benzene rings is 1. The van der Waals surface area contributed by atoms with Gasteiger partial charge in [-0.3, -0.25) is 0 Å². The molecular weight excluding hydrogens is 300 g/mol. The molecule has 1 aromatic carbocycles. The molecule has 0 amide bonds. The van der Waals surface area contributed by atoms with E-state index in [1.165, 1.54) is 10.4 Å². The monoisotopic (exact) mass is 318 g/mol. The number of aryl methyl sites for hydroxylation is 1. The van der Waals surface area contributed by atoms with E-state index in [4.69, 9.17) is 5.73 Å². The van der Waals surface area contributed by atoms with Crippen LogP contribution in [0.2, 0.25) is 0 Å². The van der Waals surface area contributed by atoms with E-state index in [9.17, 15) is 16.8 Å². The summed E-state index contributed by atoms with van der Waals surface area (Å²) >= 11 is 0. The molecule has 1 heterocycles. The largest absolute Gasteiger partial charge is 0.399 e. The first-order valence-corrected chi connectivity index (χ1v) is 9.47. The molecule has 0 aromatic heterocycles. The Morgan fingerprint density at radius 3 is 2.25 bits per heavy atom. The Kier molecular flexibility index (Phi) is 3.83. The second kappa shape index (κ2) is 5.01. The van der Waals surface area contributed by atoms with Gasteiger partial charge in [0.1, 0.15) is 0 Å². The molecule has 0 saturated carbocycles. The number of nitrogens with zero attached hydrogens (tertiary/aromatic N) is 1. The van der Waals surface area contributed by atoms with E-state index in [2.05, 4.69) is 0 Å². The summed E-state index contributed by atoms with van der Waals surface area (Å²) in [5.74, 6) is -0.265. The van der Waals surface area contributed by atoms with Crippen molar-refractivity contribution in [3.63, 3.8) is 0 Å².